The molecule has 0 heterocycles. The third-order valence-corrected chi connectivity index (χ3v) is 5.43. The Labute approximate surface area is 105 Å². The normalized spacial score (nSPS) is 36.5. The first kappa shape index (κ1) is 12.0. The number of nitrogens with one attached hydrogen (secondary N) is 1. The van der Waals surface area contributed by atoms with Crippen molar-refractivity contribution < 1.29 is 4.74 Å². The van der Waals surface area contributed by atoms with E-state index in [9.17, 15) is 0 Å². The van der Waals surface area contributed by atoms with E-state index in [-0.39, 0.29) is 0 Å². The zero-order chi connectivity index (χ0) is 11.7. The third kappa shape index (κ3) is 2.04. The van der Waals surface area contributed by atoms with Crippen LogP contribution in [0.25, 0.3) is 0 Å². The van der Waals surface area contributed by atoms with Gasteiger partial charge in [0.15, 0.2) is 0 Å². The molecule has 2 atom stereocenters. The summed E-state index contributed by atoms with van der Waals surface area (Å²) in [6.07, 6.45) is 13.5. The minimum atomic E-state index is 0.526. The molecule has 3 fully saturated rings. The first-order chi connectivity index (χ1) is 8.35. The second kappa shape index (κ2) is 4.89. The molecule has 0 radical (unpaired) electrons. The van der Waals surface area contributed by atoms with Crippen LogP contribution in [0.3, 0.4) is 0 Å². The van der Waals surface area contributed by atoms with Crippen LogP contribution in [0.1, 0.15) is 64.7 Å². The van der Waals surface area contributed by atoms with Gasteiger partial charge < -0.3 is 10.1 Å². The summed E-state index contributed by atoms with van der Waals surface area (Å²) in [5, 5.41) is 3.69. The fourth-order valence-electron chi connectivity index (χ4n) is 4.43. The van der Waals surface area contributed by atoms with Crippen LogP contribution < -0.4 is 5.32 Å². The molecule has 2 nitrogen and oxygen atoms in total. The van der Waals surface area contributed by atoms with Gasteiger partial charge in [-0.15, -0.1) is 0 Å². The first-order valence-corrected chi connectivity index (χ1v) is 7.74. The van der Waals surface area contributed by atoms with Crippen LogP contribution in [0, 0.1) is 5.41 Å². The Balaban J connectivity index is 1.61. The van der Waals surface area contributed by atoms with Crippen molar-refractivity contribution in [2.75, 3.05) is 6.54 Å². The molecule has 2 unspecified atom stereocenters. The smallest absolute Gasteiger partial charge is 0.0665 e. The van der Waals surface area contributed by atoms with E-state index in [2.05, 4.69) is 12.2 Å². The maximum Gasteiger partial charge on any atom is 0.0665 e. The monoisotopic (exact) mass is 237 g/mol. The lowest BCUT2D eigenvalue weighted by molar-refractivity contribution is -0.158. The summed E-state index contributed by atoms with van der Waals surface area (Å²) in [5.74, 6) is 0. The maximum atomic E-state index is 6.42. The zero-order valence-electron chi connectivity index (χ0n) is 11.2. The lowest BCUT2D eigenvalue weighted by atomic mass is 9.60. The first-order valence-electron chi connectivity index (χ1n) is 7.74. The summed E-state index contributed by atoms with van der Waals surface area (Å²) in [7, 11) is 0. The highest BCUT2D eigenvalue weighted by atomic mass is 16.5. The Morgan fingerprint density at radius 2 is 1.82 bits per heavy atom. The second-order valence-corrected chi connectivity index (χ2v) is 6.32. The van der Waals surface area contributed by atoms with E-state index in [1.54, 1.807) is 0 Å². The van der Waals surface area contributed by atoms with Crippen molar-refractivity contribution in [2.24, 2.45) is 5.41 Å². The molecule has 0 saturated heterocycles. The summed E-state index contributed by atoms with van der Waals surface area (Å²) in [4.78, 5) is 0. The standard InChI is InChI=1S/C15H27NO/c1-2-16-13-11-14(15(13)9-5-6-10-15)17-12-7-3-4-8-12/h12-14,16H,2-11H2,1H3. The summed E-state index contributed by atoms with van der Waals surface area (Å²) in [6.45, 7) is 3.34. The van der Waals surface area contributed by atoms with Crippen LogP contribution in [0.5, 0.6) is 0 Å². The van der Waals surface area contributed by atoms with Crippen LogP contribution in [0.15, 0.2) is 0 Å². The summed E-state index contributed by atoms with van der Waals surface area (Å²) in [5.41, 5.74) is 0.526. The lowest BCUT2D eigenvalue weighted by Gasteiger charge is -2.55. The maximum absolute atomic E-state index is 6.42. The summed E-state index contributed by atoms with van der Waals surface area (Å²) in [6, 6.07) is 0.751. The molecule has 3 saturated carbocycles. The van der Waals surface area contributed by atoms with Crippen LogP contribution in [0.2, 0.25) is 0 Å². The van der Waals surface area contributed by atoms with Crippen molar-refractivity contribution in [3.05, 3.63) is 0 Å². The highest BCUT2D eigenvalue weighted by molar-refractivity contribution is 5.10. The van der Waals surface area contributed by atoms with Gasteiger partial charge in [-0.25, -0.2) is 0 Å². The third-order valence-electron chi connectivity index (χ3n) is 5.43. The van der Waals surface area contributed by atoms with Crippen molar-refractivity contribution >= 4 is 0 Å². The lowest BCUT2D eigenvalue weighted by Crippen LogP contribution is -2.63. The Morgan fingerprint density at radius 3 is 2.47 bits per heavy atom. The van der Waals surface area contributed by atoms with Crippen molar-refractivity contribution in [1.29, 1.82) is 0 Å². The molecule has 0 bridgehead atoms. The zero-order valence-corrected chi connectivity index (χ0v) is 11.2. The van der Waals surface area contributed by atoms with E-state index < -0.39 is 0 Å². The number of ether oxygens (including phenoxy) is 1. The van der Waals surface area contributed by atoms with Gasteiger partial charge in [0.05, 0.1) is 12.2 Å². The molecule has 17 heavy (non-hydrogen) atoms. The number of rotatable bonds is 4. The van der Waals surface area contributed by atoms with Gasteiger partial charge in [-0.2, -0.15) is 0 Å². The molecular weight excluding hydrogens is 210 g/mol. The summed E-state index contributed by atoms with van der Waals surface area (Å²) < 4.78 is 6.42. The van der Waals surface area contributed by atoms with E-state index in [0.29, 0.717) is 17.6 Å². The van der Waals surface area contributed by atoms with Gasteiger partial charge in [0, 0.05) is 11.5 Å². The minimum absolute atomic E-state index is 0.526. The molecule has 1 spiro atoms. The summed E-state index contributed by atoms with van der Waals surface area (Å²) >= 11 is 0. The van der Waals surface area contributed by atoms with Gasteiger partial charge in [-0.05, 0) is 38.6 Å². The van der Waals surface area contributed by atoms with Crippen LogP contribution in [-0.2, 0) is 4.74 Å². The SMILES string of the molecule is CCNC1CC(OC2CCCC2)C12CCCC2. The van der Waals surface area contributed by atoms with E-state index in [1.807, 2.05) is 0 Å². The Hall–Kier alpha value is -0.0800. The van der Waals surface area contributed by atoms with Crippen LogP contribution in [0.4, 0.5) is 0 Å². The van der Waals surface area contributed by atoms with Crippen molar-refractivity contribution in [2.45, 2.75) is 83.0 Å². The molecule has 0 amide bonds. The molecule has 0 aromatic rings. The van der Waals surface area contributed by atoms with Crippen molar-refractivity contribution in [3.63, 3.8) is 0 Å². The molecule has 3 rings (SSSR count). The van der Waals surface area contributed by atoms with E-state index in [0.717, 1.165) is 12.6 Å². The van der Waals surface area contributed by atoms with E-state index >= 15 is 0 Å². The molecule has 0 aliphatic heterocycles. The molecule has 98 valence electrons. The van der Waals surface area contributed by atoms with Gasteiger partial charge in [0.25, 0.3) is 0 Å². The highest BCUT2D eigenvalue weighted by Crippen LogP contribution is 2.55. The topological polar surface area (TPSA) is 21.3 Å². The van der Waals surface area contributed by atoms with Gasteiger partial charge in [-0.3, -0.25) is 0 Å². The van der Waals surface area contributed by atoms with Gasteiger partial charge in [0.2, 0.25) is 0 Å². The molecule has 3 aliphatic rings. The average molecular weight is 237 g/mol. The van der Waals surface area contributed by atoms with Gasteiger partial charge in [-0.1, -0.05) is 32.6 Å². The largest absolute Gasteiger partial charge is 0.374 e. The van der Waals surface area contributed by atoms with Gasteiger partial charge in [0.1, 0.15) is 0 Å². The molecule has 3 aliphatic carbocycles. The molecule has 0 aromatic heterocycles. The van der Waals surface area contributed by atoms with Crippen molar-refractivity contribution in [3.8, 4) is 0 Å². The van der Waals surface area contributed by atoms with E-state index in [1.165, 1.54) is 57.8 Å². The predicted molar refractivity (Wildman–Crippen MR) is 70.1 cm³/mol. The second-order valence-electron chi connectivity index (χ2n) is 6.32. The molecule has 1 N–H and O–H groups in total. The Bertz CT molecular complexity index is 254. The van der Waals surface area contributed by atoms with Crippen LogP contribution in [-0.4, -0.2) is 24.8 Å². The quantitative estimate of drug-likeness (QED) is 0.810. The Kier molecular flexibility index (Phi) is 3.45. The molecule has 2 heteroatoms. The highest BCUT2D eigenvalue weighted by Gasteiger charge is 2.56. The Morgan fingerprint density at radius 1 is 1.12 bits per heavy atom. The minimum Gasteiger partial charge on any atom is -0.374 e. The average Bonchev–Trinajstić information content (AvgIpc) is 3.00. The molecule has 0 aromatic carbocycles. The number of hydrogen-bond acceptors (Lipinski definition) is 2. The molecular formula is C15H27NO. The number of hydrogen-bond donors (Lipinski definition) is 1. The fourth-order valence-corrected chi connectivity index (χ4v) is 4.43. The van der Waals surface area contributed by atoms with E-state index in [4.69, 9.17) is 4.74 Å². The predicted octanol–water partition coefficient (Wildman–Crippen LogP) is 3.26. The van der Waals surface area contributed by atoms with Gasteiger partial charge >= 0.3 is 0 Å². The van der Waals surface area contributed by atoms with Crippen molar-refractivity contribution in [1.82, 2.24) is 5.32 Å². The van der Waals surface area contributed by atoms with Crippen LogP contribution >= 0.6 is 0 Å². The fraction of sp³-hybridized carbons (Fsp3) is 1.00.